The van der Waals surface area contributed by atoms with Crippen LogP contribution in [0.2, 0.25) is 0 Å². The van der Waals surface area contributed by atoms with Gasteiger partial charge >= 0.3 is 12.7 Å². The van der Waals surface area contributed by atoms with Gasteiger partial charge in [-0.3, -0.25) is 4.90 Å². The highest BCUT2D eigenvalue weighted by atomic mass is 19.3. The summed E-state index contributed by atoms with van der Waals surface area (Å²) in [6.07, 6.45) is 0.211. The smallest absolute Gasteiger partial charge is 0.410 e. The molecule has 6 nitrogen and oxygen atoms in total. The second-order valence-electron chi connectivity index (χ2n) is 10.4. The van der Waals surface area contributed by atoms with Crippen molar-refractivity contribution in [3.05, 3.63) is 89.5 Å². The van der Waals surface area contributed by atoms with Crippen molar-refractivity contribution < 1.29 is 32.9 Å². The molecular weight excluding hydrogens is 492 g/mol. The number of aliphatic hydroxyl groups is 1. The Kier molecular flexibility index (Phi) is 6.53. The average molecular weight is 522 g/mol. The van der Waals surface area contributed by atoms with Crippen LogP contribution in [0.3, 0.4) is 0 Å². The lowest BCUT2D eigenvalue weighted by molar-refractivity contribution is -0.132. The first-order chi connectivity index (χ1) is 18.4. The van der Waals surface area contributed by atoms with E-state index in [2.05, 4.69) is 29.0 Å². The minimum absolute atomic E-state index is 0.0458. The number of carbonyl (C=O) groups is 1. The average Bonchev–Trinajstić information content (AvgIpc) is 3.21. The summed E-state index contributed by atoms with van der Waals surface area (Å²) in [5.74, 6) is 0.00630. The van der Waals surface area contributed by atoms with E-state index in [-0.39, 0.29) is 62.8 Å². The first kappa shape index (κ1) is 24.8. The van der Waals surface area contributed by atoms with Crippen LogP contribution in [-0.2, 0) is 15.9 Å². The number of rotatable bonds is 6. The van der Waals surface area contributed by atoms with Crippen LogP contribution in [0.4, 0.5) is 13.6 Å². The molecule has 3 aromatic carbocycles. The number of alkyl halides is 2. The number of morpholine rings is 1. The lowest BCUT2D eigenvalue weighted by atomic mass is 9.77. The SMILES string of the molecule is O=C(OCC1c2ccccc2-c2ccccc21)N1C2COCC1CC(O)(Cc1ccccc1OC(F)F)C2. The van der Waals surface area contributed by atoms with Gasteiger partial charge in [0.15, 0.2) is 0 Å². The molecule has 2 atom stereocenters. The second kappa shape index (κ2) is 10.0. The minimum Gasteiger partial charge on any atom is -0.448 e. The molecule has 198 valence electrons. The standard InChI is InChI=1S/C30H29F2NO5/c31-28(32)38-27-12-6-1-7-19(27)13-30(35)14-20-16-36-17-21(15-30)33(20)29(34)37-18-26-24-10-4-2-8-22(24)23-9-3-5-11-25(23)26/h1-12,20-21,26,28,35H,13-18H2. The Morgan fingerprint density at radius 1 is 0.947 bits per heavy atom. The largest absolute Gasteiger partial charge is 0.448 e. The van der Waals surface area contributed by atoms with Crippen molar-refractivity contribution in [3.8, 4) is 16.9 Å². The van der Waals surface area contributed by atoms with Crippen molar-refractivity contribution in [1.82, 2.24) is 4.90 Å². The van der Waals surface area contributed by atoms with Gasteiger partial charge in [-0.05, 0) is 46.7 Å². The fourth-order valence-corrected chi connectivity index (χ4v) is 6.40. The van der Waals surface area contributed by atoms with Gasteiger partial charge in [0.1, 0.15) is 12.4 Å². The van der Waals surface area contributed by atoms with Crippen LogP contribution in [-0.4, -0.2) is 60.2 Å². The van der Waals surface area contributed by atoms with Crippen LogP contribution >= 0.6 is 0 Å². The maximum absolute atomic E-state index is 13.4. The molecule has 0 aromatic heterocycles. The number of carbonyl (C=O) groups excluding carboxylic acids is 1. The maximum Gasteiger partial charge on any atom is 0.410 e. The van der Waals surface area contributed by atoms with Crippen LogP contribution in [0.1, 0.15) is 35.4 Å². The van der Waals surface area contributed by atoms with Gasteiger partial charge in [0.25, 0.3) is 0 Å². The summed E-state index contributed by atoms with van der Waals surface area (Å²) in [4.78, 5) is 15.1. The lowest BCUT2D eigenvalue weighted by Crippen LogP contribution is -2.64. The van der Waals surface area contributed by atoms with Crippen LogP contribution in [0, 0.1) is 0 Å². The Morgan fingerprint density at radius 2 is 1.53 bits per heavy atom. The van der Waals surface area contributed by atoms with E-state index in [4.69, 9.17) is 9.47 Å². The highest BCUT2D eigenvalue weighted by Gasteiger charge is 2.49. The quantitative estimate of drug-likeness (QED) is 0.472. The molecule has 1 amide bonds. The molecule has 0 saturated carbocycles. The molecule has 2 unspecified atom stereocenters. The maximum atomic E-state index is 13.4. The molecule has 0 radical (unpaired) electrons. The number of piperidine rings is 1. The van der Waals surface area contributed by atoms with E-state index in [1.54, 1.807) is 23.1 Å². The summed E-state index contributed by atoms with van der Waals surface area (Å²) in [5, 5.41) is 11.5. The van der Waals surface area contributed by atoms with Gasteiger partial charge in [0.05, 0.1) is 30.9 Å². The molecule has 38 heavy (non-hydrogen) atoms. The molecule has 2 saturated heterocycles. The number of nitrogens with zero attached hydrogens (tertiary/aromatic N) is 1. The predicted molar refractivity (Wildman–Crippen MR) is 136 cm³/mol. The molecule has 3 aliphatic rings. The van der Waals surface area contributed by atoms with Crippen LogP contribution in [0.15, 0.2) is 72.8 Å². The zero-order valence-corrected chi connectivity index (χ0v) is 20.8. The number of ether oxygens (including phenoxy) is 3. The molecular formula is C30H29F2NO5. The van der Waals surface area contributed by atoms with Crippen molar-refractivity contribution in [2.75, 3.05) is 19.8 Å². The van der Waals surface area contributed by atoms with Crippen molar-refractivity contribution in [1.29, 1.82) is 0 Å². The summed E-state index contributed by atoms with van der Waals surface area (Å²) >= 11 is 0. The summed E-state index contributed by atoms with van der Waals surface area (Å²) in [7, 11) is 0. The number of para-hydroxylation sites is 1. The molecule has 8 heteroatoms. The van der Waals surface area contributed by atoms with Crippen molar-refractivity contribution in [2.45, 2.75) is 49.5 Å². The third-order valence-electron chi connectivity index (χ3n) is 7.89. The molecule has 2 heterocycles. The van der Waals surface area contributed by atoms with Gasteiger partial charge in [-0.25, -0.2) is 4.79 Å². The van der Waals surface area contributed by atoms with Crippen LogP contribution < -0.4 is 4.74 Å². The van der Waals surface area contributed by atoms with E-state index in [1.807, 2.05) is 24.3 Å². The fraction of sp³-hybridized carbons (Fsp3) is 0.367. The van der Waals surface area contributed by atoms with E-state index in [9.17, 15) is 18.7 Å². The Labute approximate surface area is 219 Å². The Bertz CT molecular complexity index is 1270. The third-order valence-corrected chi connectivity index (χ3v) is 7.89. The minimum atomic E-state index is -2.95. The predicted octanol–water partition coefficient (Wildman–Crippen LogP) is 5.37. The second-order valence-corrected chi connectivity index (χ2v) is 10.4. The van der Waals surface area contributed by atoms with Crippen molar-refractivity contribution in [3.63, 3.8) is 0 Å². The highest BCUT2D eigenvalue weighted by Crippen LogP contribution is 2.45. The van der Waals surface area contributed by atoms with Crippen LogP contribution in [0.25, 0.3) is 11.1 Å². The third kappa shape index (κ3) is 4.63. The Balaban J connectivity index is 1.16. The molecule has 1 aliphatic carbocycles. The molecule has 3 aromatic rings. The van der Waals surface area contributed by atoms with E-state index >= 15 is 0 Å². The van der Waals surface area contributed by atoms with E-state index in [0.29, 0.717) is 5.56 Å². The van der Waals surface area contributed by atoms with Gasteiger partial charge in [0, 0.05) is 12.3 Å². The molecule has 2 fully saturated rings. The fourth-order valence-electron chi connectivity index (χ4n) is 6.40. The zero-order chi connectivity index (χ0) is 26.3. The summed E-state index contributed by atoms with van der Waals surface area (Å²) in [6, 6.07) is 22.1. The van der Waals surface area contributed by atoms with Gasteiger partial charge < -0.3 is 19.3 Å². The lowest BCUT2D eigenvalue weighted by Gasteiger charge is -2.51. The van der Waals surface area contributed by atoms with Crippen LogP contribution in [0.5, 0.6) is 5.75 Å². The van der Waals surface area contributed by atoms with Gasteiger partial charge in [-0.1, -0.05) is 66.7 Å². The molecule has 2 aliphatic heterocycles. The zero-order valence-electron chi connectivity index (χ0n) is 20.8. The highest BCUT2D eigenvalue weighted by molar-refractivity contribution is 5.79. The summed E-state index contributed by atoms with van der Waals surface area (Å²) in [5.41, 5.74) is 3.91. The Hall–Kier alpha value is -3.49. The molecule has 2 bridgehead atoms. The van der Waals surface area contributed by atoms with Crippen molar-refractivity contribution >= 4 is 6.09 Å². The number of halogens is 2. The van der Waals surface area contributed by atoms with Gasteiger partial charge in [-0.2, -0.15) is 8.78 Å². The van der Waals surface area contributed by atoms with Crippen molar-refractivity contribution in [2.24, 2.45) is 0 Å². The van der Waals surface area contributed by atoms with Gasteiger partial charge in [-0.15, -0.1) is 0 Å². The first-order valence-corrected chi connectivity index (χ1v) is 12.9. The van der Waals surface area contributed by atoms with Gasteiger partial charge in [0.2, 0.25) is 0 Å². The number of hydrogen-bond donors (Lipinski definition) is 1. The molecule has 1 N–H and O–H groups in total. The topological polar surface area (TPSA) is 68.2 Å². The van der Waals surface area contributed by atoms with E-state index < -0.39 is 18.3 Å². The molecule has 0 spiro atoms. The summed E-state index contributed by atoms with van der Waals surface area (Å²) < 4.78 is 42.1. The summed E-state index contributed by atoms with van der Waals surface area (Å²) in [6.45, 7) is -2.18. The molecule has 6 rings (SSSR count). The van der Waals surface area contributed by atoms with E-state index in [0.717, 1.165) is 22.3 Å². The first-order valence-electron chi connectivity index (χ1n) is 12.9. The number of fused-ring (bicyclic) bond motifs is 5. The number of amides is 1. The number of hydrogen-bond acceptors (Lipinski definition) is 5. The number of benzene rings is 3. The monoisotopic (exact) mass is 521 g/mol. The van der Waals surface area contributed by atoms with E-state index in [1.165, 1.54) is 6.07 Å². The Morgan fingerprint density at radius 3 is 2.16 bits per heavy atom. The normalized spacial score (nSPS) is 24.2.